The maximum atomic E-state index is 13.6. The molecule has 0 bridgehead atoms. The molecule has 22 heavy (non-hydrogen) atoms. The number of hydrogen-bond acceptors (Lipinski definition) is 4. The number of rotatable bonds is 5. The second kappa shape index (κ2) is 6.27. The summed E-state index contributed by atoms with van der Waals surface area (Å²) < 4.78 is 40.9. The Labute approximate surface area is 128 Å². The van der Waals surface area contributed by atoms with Crippen LogP contribution in [0.2, 0.25) is 0 Å². The lowest BCUT2D eigenvalue weighted by Crippen LogP contribution is -2.31. The monoisotopic (exact) mass is 325 g/mol. The molecule has 2 aromatic rings. The number of hydrogen-bond donors (Lipinski definition) is 1. The van der Waals surface area contributed by atoms with Crippen molar-refractivity contribution < 1.29 is 17.6 Å². The van der Waals surface area contributed by atoms with Gasteiger partial charge in [0.05, 0.1) is 6.20 Å². The van der Waals surface area contributed by atoms with Crippen molar-refractivity contribution in [2.45, 2.75) is 24.2 Å². The Hall–Kier alpha value is -2.22. The lowest BCUT2D eigenvalue weighted by molar-refractivity contribution is -0.119. The van der Waals surface area contributed by atoms with E-state index in [1.807, 2.05) is 4.72 Å². The zero-order chi connectivity index (χ0) is 16.3. The topological polar surface area (TPSA) is 81.1 Å². The molecule has 0 aliphatic carbocycles. The van der Waals surface area contributed by atoms with Gasteiger partial charge in [-0.3, -0.25) is 9.48 Å². The summed E-state index contributed by atoms with van der Waals surface area (Å²) >= 11 is 0. The van der Waals surface area contributed by atoms with Crippen LogP contribution in [0.1, 0.15) is 24.8 Å². The molecule has 0 saturated carbocycles. The summed E-state index contributed by atoms with van der Waals surface area (Å²) in [5, 5.41) is 3.75. The average Bonchev–Trinajstić information content (AvgIpc) is 2.86. The maximum Gasteiger partial charge on any atom is 0.267 e. The van der Waals surface area contributed by atoms with Gasteiger partial charge in [0.25, 0.3) is 10.0 Å². The van der Waals surface area contributed by atoms with Crippen LogP contribution in [-0.4, -0.2) is 24.1 Å². The first kappa shape index (κ1) is 16.2. The molecule has 1 heterocycles. The number of halogens is 1. The maximum absolute atomic E-state index is 13.6. The predicted molar refractivity (Wildman–Crippen MR) is 78.0 cm³/mol. The second-order valence-corrected chi connectivity index (χ2v) is 6.69. The van der Waals surface area contributed by atoms with E-state index >= 15 is 0 Å². The predicted octanol–water partition coefficient (Wildman–Crippen LogP) is 1.56. The summed E-state index contributed by atoms with van der Waals surface area (Å²) in [4.78, 5) is 11.8. The van der Waals surface area contributed by atoms with Crippen molar-refractivity contribution in [3.05, 3.63) is 48.0 Å². The first-order valence-corrected chi connectivity index (χ1v) is 8.06. The third-order valence-corrected chi connectivity index (χ3v) is 4.50. The smallest absolute Gasteiger partial charge is 0.267 e. The van der Waals surface area contributed by atoms with E-state index in [0.717, 1.165) is 6.20 Å². The first-order chi connectivity index (χ1) is 10.3. The van der Waals surface area contributed by atoms with Gasteiger partial charge < -0.3 is 0 Å². The molecule has 0 aliphatic rings. The van der Waals surface area contributed by atoms with E-state index in [1.165, 1.54) is 16.9 Å². The van der Waals surface area contributed by atoms with E-state index in [0.29, 0.717) is 5.56 Å². The summed E-state index contributed by atoms with van der Waals surface area (Å²) in [6.07, 6.45) is 2.30. The summed E-state index contributed by atoms with van der Waals surface area (Å²) in [5.41, 5.74) is 0.372. The van der Waals surface area contributed by atoms with Gasteiger partial charge in [-0.05, 0) is 17.5 Å². The van der Waals surface area contributed by atoms with E-state index in [2.05, 4.69) is 5.10 Å². The van der Waals surface area contributed by atoms with Crippen LogP contribution < -0.4 is 4.72 Å². The first-order valence-electron chi connectivity index (χ1n) is 6.58. The van der Waals surface area contributed by atoms with E-state index in [9.17, 15) is 17.6 Å². The molecular formula is C14H16FN3O3S. The van der Waals surface area contributed by atoms with E-state index in [-0.39, 0.29) is 11.3 Å². The Morgan fingerprint density at radius 1 is 1.41 bits per heavy atom. The molecule has 2 rings (SSSR count). The number of sulfonamides is 1. The standard InChI is InChI=1S/C14H16FN3O3S/c1-10(12-5-3-4-6-13(12)15)7-14(19)17-22(20,21)11-8-16-18(2)9-11/h3-6,8-10H,7H2,1-2H3,(H,17,19)/t10-/m1/s1. The molecule has 1 atom stereocenters. The number of carbonyl (C=O) groups excluding carboxylic acids is 1. The Balaban J connectivity index is 2.06. The fourth-order valence-electron chi connectivity index (χ4n) is 2.05. The molecule has 0 radical (unpaired) electrons. The second-order valence-electron chi connectivity index (χ2n) is 5.01. The Bertz CT molecular complexity index is 786. The zero-order valence-corrected chi connectivity index (χ0v) is 13.0. The van der Waals surface area contributed by atoms with Crippen molar-refractivity contribution in [3.63, 3.8) is 0 Å². The van der Waals surface area contributed by atoms with Gasteiger partial charge in [0, 0.05) is 19.7 Å². The highest BCUT2D eigenvalue weighted by molar-refractivity contribution is 7.90. The van der Waals surface area contributed by atoms with Crippen LogP contribution in [0.25, 0.3) is 0 Å². The average molecular weight is 325 g/mol. The van der Waals surface area contributed by atoms with Crippen molar-refractivity contribution in [2.75, 3.05) is 0 Å². The normalized spacial score (nSPS) is 12.9. The van der Waals surface area contributed by atoms with Crippen molar-refractivity contribution in [1.29, 1.82) is 0 Å². The summed E-state index contributed by atoms with van der Waals surface area (Å²) in [6.45, 7) is 1.66. The number of benzene rings is 1. The van der Waals surface area contributed by atoms with Gasteiger partial charge in [-0.25, -0.2) is 17.5 Å². The third-order valence-electron chi connectivity index (χ3n) is 3.17. The van der Waals surface area contributed by atoms with Gasteiger partial charge in [-0.2, -0.15) is 5.10 Å². The zero-order valence-electron chi connectivity index (χ0n) is 12.2. The van der Waals surface area contributed by atoms with Crippen molar-refractivity contribution in [1.82, 2.24) is 14.5 Å². The largest absolute Gasteiger partial charge is 0.274 e. The molecule has 1 amide bonds. The van der Waals surface area contributed by atoms with Crippen molar-refractivity contribution in [3.8, 4) is 0 Å². The lowest BCUT2D eigenvalue weighted by atomic mass is 9.97. The van der Waals surface area contributed by atoms with Crippen LogP contribution in [0, 0.1) is 5.82 Å². The van der Waals surface area contributed by atoms with Crippen LogP contribution in [0.5, 0.6) is 0 Å². The molecule has 6 nitrogen and oxygen atoms in total. The number of aromatic nitrogens is 2. The Kier molecular flexibility index (Phi) is 4.60. The van der Waals surface area contributed by atoms with Crippen LogP contribution in [0.3, 0.4) is 0 Å². The highest BCUT2D eigenvalue weighted by atomic mass is 32.2. The van der Waals surface area contributed by atoms with Gasteiger partial charge in [0.15, 0.2) is 0 Å². The molecule has 1 aromatic carbocycles. The van der Waals surface area contributed by atoms with Gasteiger partial charge in [-0.1, -0.05) is 25.1 Å². The Morgan fingerprint density at radius 3 is 2.68 bits per heavy atom. The number of aryl methyl sites for hydroxylation is 1. The van der Waals surface area contributed by atoms with Crippen LogP contribution in [0.15, 0.2) is 41.6 Å². The number of amides is 1. The molecule has 0 unspecified atom stereocenters. The molecule has 1 aromatic heterocycles. The fourth-order valence-corrected chi connectivity index (χ4v) is 3.03. The van der Waals surface area contributed by atoms with Crippen molar-refractivity contribution in [2.24, 2.45) is 7.05 Å². The highest BCUT2D eigenvalue weighted by Gasteiger charge is 2.21. The summed E-state index contributed by atoms with van der Waals surface area (Å²) in [7, 11) is -2.38. The molecule has 0 aliphatic heterocycles. The third kappa shape index (κ3) is 3.70. The van der Waals surface area contributed by atoms with Gasteiger partial charge in [-0.15, -0.1) is 0 Å². The number of nitrogens with one attached hydrogen (secondary N) is 1. The molecule has 1 N–H and O–H groups in total. The fraction of sp³-hybridized carbons (Fsp3) is 0.286. The van der Waals surface area contributed by atoms with E-state index in [1.54, 1.807) is 32.2 Å². The highest BCUT2D eigenvalue weighted by Crippen LogP contribution is 2.22. The molecular weight excluding hydrogens is 309 g/mol. The lowest BCUT2D eigenvalue weighted by Gasteiger charge is -2.12. The van der Waals surface area contributed by atoms with Crippen molar-refractivity contribution >= 4 is 15.9 Å². The Morgan fingerprint density at radius 2 is 2.09 bits per heavy atom. The molecule has 118 valence electrons. The molecule has 8 heteroatoms. The van der Waals surface area contributed by atoms with E-state index in [4.69, 9.17) is 0 Å². The van der Waals surface area contributed by atoms with Crippen LogP contribution in [-0.2, 0) is 21.9 Å². The minimum atomic E-state index is -3.95. The summed E-state index contributed by atoms with van der Waals surface area (Å²) in [6, 6.07) is 6.09. The van der Waals surface area contributed by atoms with Gasteiger partial charge >= 0.3 is 0 Å². The van der Waals surface area contributed by atoms with Crippen LogP contribution in [0.4, 0.5) is 4.39 Å². The summed E-state index contributed by atoms with van der Waals surface area (Å²) in [5.74, 6) is -1.55. The quantitative estimate of drug-likeness (QED) is 0.904. The minimum absolute atomic E-state index is 0.0955. The number of carbonyl (C=O) groups is 1. The van der Waals surface area contributed by atoms with Gasteiger partial charge in [0.2, 0.25) is 5.91 Å². The molecule has 0 fully saturated rings. The minimum Gasteiger partial charge on any atom is -0.274 e. The molecule has 0 spiro atoms. The SMILES string of the molecule is C[C@H](CC(=O)NS(=O)(=O)c1cnn(C)c1)c1ccccc1F. The van der Waals surface area contributed by atoms with E-state index < -0.39 is 27.7 Å². The molecule has 0 saturated heterocycles. The van der Waals surface area contributed by atoms with Gasteiger partial charge in [0.1, 0.15) is 10.7 Å². The number of nitrogens with zero attached hydrogens (tertiary/aromatic N) is 2. The van der Waals surface area contributed by atoms with Crippen LogP contribution >= 0.6 is 0 Å².